The van der Waals surface area contributed by atoms with Crippen LogP contribution in [0.1, 0.15) is 24.4 Å². The molecule has 0 radical (unpaired) electrons. The number of carbonyl (C=O) groups excluding carboxylic acids is 1. The molecule has 1 fully saturated rings. The first-order valence-electron chi connectivity index (χ1n) is 8.62. The summed E-state index contributed by atoms with van der Waals surface area (Å²) in [7, 11) is 3.31. The lowest BCUT2D eigenvalue weighted by Crippen LogP contribution is -2.33. The molecule has 1 atom stereocenters. The largest absolute Gasteiger partial charge is 0.497 e. The summed E-state index contributed by atoms with van der Waals surface area (Å²) in [5, 5.41) is 3.51. The number of hydrogen-bond acceptors (Lipinski definition) is 4. The molecule has 5 nitrogen and oxygen atoms in total. The fourth-order valence-corrected chi connectivity index (χ4v) is 3.61. The topological polar surface area (TPSA) is 50.8 Å². The number of nitrogens with one attached hydrogen (secondary N) is 1. The molecular weight excluding hydrogens is 352 g/mol. The van der Waals surface area contributed by atoms with E-state index in [1.807, 2.05) is 30.3 Å². The summed E-state index contributed by atoms with van der Waals surface area (Å²) in [5.74, 6) is 1.55. The molecule has 0 bridgehead atoms. The highest BCUT2D eigenvalue weighted by atomic mass is 35.5. The van der Waals surface area contributed by atoms with Crippen LogP contribution in [0.3, 0.4) is 0 Å². The normalized spacial score (nSPS) is 17.1. The van der Waals surface area contributed by atoms with Gasteiger partial charge in [-0.1, -0.05) is 17.7 Å². The van der Waals surface area contributed by atoms with Gasteiger partial charge in [-0.2, -0.15) is 0 Å². The Morgan fingerprint density at radius 2 is 2.08 bits per heavy atom. The van der Waals surface area contributed by atoms with Gasteiger partial charge in [0.25, 0.3) is 0 Å². The monoisotopic (exact) mass is 374 g/mol. The number of nitrogens with zero attached hydrogens (tertiary/aromatic N) is 1. The third-order valence-corrected chi connectivity index (χ3v) is 4.85. The predicted octanol–water partition coefficient (Wildman–Crippen LogP) is 4.13. The van der Waals surface area contributed by atoms with Gasteiger partial charge in [-0.3, -0.25) is 9.69 Å². The van der Waals surface area contributed by atoms with E-state index in [1.54, 1.807) is 26.4 Å². The van der Waals surface area contributed by atoms with E-state index in [-0.39, 0.29) is 11.9 Å². The zero-order valence-corrected chi connectivity index (χ0v) is 15.8. The summed E-state index contributed by atoms with van der Waals surface area (Å²) in [6.45, 7) is 1.19. The first-order chi connectivity index (χ1) is 12.6. The Bertz CT molecular complexity index is 781. The molecule has 1 heterocycles. The predicted molar refractivity (Wildman–Crippen MR) is 103 cm³/mol. The van der Waals surface area contributed by atoms with Gasteiger partial charge >= 0.3 is 0 Å². The van der Waals surface area contributed by atoms with Crippen LogP contribution in [0.5, 0.6) is 11.5 Å². The first-order valence-corrected chi connectivity index (χ1v) is 9.00. The maximum absolute atomic E-state index is 12.5. The van der Waals surface area contributed by atoms with Gasteiger partial charge in [0.05, 0.1) is 20.8 Å². The summed E-state index contributed by atoms with van der Waals surface area (Å²) < 4.78 is 10.9. The van der Waals surface area contributed by atoms with E-state index in [0.717, 1.165) is 36.4 Å². The number of carbonyl (C=O) groups is 1. The van der Waals surface area contributed by atoms with Crippen molar-refractivity contribution in [2.45, 2.75) is 18.9 Å². The van der Waals surface area contributed by atoms with Crippen LogP contribution in [0.4, 0.5) is 5.69 Å². The molecule has 1 aliphatic heterocycles. The highest BCUT2D eigenvalue weighted by Gasteiger charge is 2.30. The van der Waals surface area contributed by atoms with Gasteiger partial charge in [0.1, 0.15) is 11.5 Å². The highest BCUT2D eigenvalue weighted by molar-refractivity contribution is 6.30. The van der Waals surface area contributed by atoms with E-state index >= 15 is 0 Å². The zero-order valence-electron chi connectivity index (χ0n) is 15.0. The van der Waals surface area contributed by atoms with Gasteiger partial charge in [-0.25, -0.2) is 0 Å². The van der Waals surface area contributed by atoms with Crippen molar-refractivity contribution in [2.75, 3.05) is 32.6 Å². The Balaban J connectivity index is 1.73. The Hall–Kier alpha value is -2.24. The van der Waals surface area contributed by atoms with Crippen LogP contribution >= 0.6 is 11.6 Å². The van der Waals surface area contributed by atoms with Crippen molar-refractivity contribution in [3.8, 4) is 11.5 Å². The second-order valence-corrected chi connectivity index (χ2v) is 6.73. The van der Waals surface area contributed by atoms with Gasteiger partial charge in [0, 0.05) is 22.3 Å². The second-order valence-electron chi connectivity index (χ2n) is 6.29. The quantitative estimate of drug-likeness (QED) is 0.825. The smallest absolute Gasteiger partial charge is 0.238 e. The van der Waals surface area contributed by atoms with Gasteiger partial charge < -0.3 is 14.8 Å². The summed E-state index contributed by atoms with van der Waals surface area (Å²) in [6.07, 6.45) is 2.02. The minimum atomic E-state index is -0.0546. The van der Waals surface area contributed by atoms with Crippen LogP contribution in [-0.4, -0.2) is 38.1 Å². The average Bonchev–Trinajstić information content (AvgIpc) is 3.08. The van der Waals surface area contributed by atoms with E-state index in [1.165, 1.54) is 0 Å². The first kappa shape index (κ1) is 18.5. The molecule has 1 saturated heterocycles. The third-order valence-electron chi connectivity index (χ3n) is 4.61. The summed E-state index contributed by atoms with van der Waals surface area (Å²) in [5.41, 5.74) is 1.76. The molecular formula is C20H23ClN2O3. The van der Waals surface area contributed by atoms with Crippen LogP contribution in [0.15, 0.2) is 42.5 Å². The van der Waals surface area contributed by atoms with E-state index < -0.39 is 0 Å². The Morgan fingerprint density at radius 3 is 2.81 bits per heavy atom. The maximum Gasteiger partial charge on any atom is 0.238 e. The molecule has 1 aliphatic rings. The number of methoxy groups -OCH3 is 2. The van der Waals surface area contributed by atoms with Crippen molar-refractivity contribution in [3.63, 3.8) is 0 Å². The van der Waals surface area contributed by atoms with Gasteiger partial charge in [0.2, 0.25) is 5.91 Å². The number of benzene rings is 2. The molecule has 2 aromatic carbocycles. The molecule has 1 unspecified atom stereocenters. The fraction of sp³-hybridized carbons (Fsp3) is 0.350. The Kier molecular flexibility index (Phi) is 6.01. The highest BCUT2D eigenvalue weighted by Crippen LogP contribution is 2.38. The number of anilines is 1. The van der Waals surface area contributed by atoms with Crippen LogP contribution < -0.4 is 14.8 Å². The lowest BCUT2D eigenvalue weighted by molar-refractivity contribution is -0.117. The minimum absolute atomic E-state index is 0.0546. The molecule has 26 heavy (non-hydrogen) atoms. The van der Waals surface area contributed by atoms with Gasteiger partial charge in [-0.05, 0) is 55.8 Å². The van der Waals surface area contributed by atoms with Crippen LogP contribution in [0.25, 0.3) is 0 Å². The maximum atomic E-state index is 12.5. The average molecular weight is 375 g/mol. The molecule has 0 aromatic heterocycles. The van der Waals surface area contributed by atoms with Crippen molar-refractivity contribution in [1.29, 1.82) is 0 Å². The van der Waals surface area contributed by atoms with Crippen molar-refractivity contribution in [1.82, 2.24) is 4.90 Å². The lowest BCUT2D eigenvalue weighted by Gasteiger charge is -2.26. The molecule has 138 valence electrons. The number of rotatable bonds is 6. The molecule has 1 N–H and O–H groups in total. The van der Waals surface area contributed by atoms with Crippen LogP contribution in [0.2, 0.25) is 5.02 Å². The fourth-order valence-electron chi connectivity index (χ4n) is 3.42. The van der Waals surface area contributed by atoms with Crippen molar-refractivity contribution in [2.24, 2.45) is 0 Å². The number of halogens is 1. The molecule has 6 heteroatoms. The van der Waals surface area contributed by atoms with E-state index in [4.69, 9.17) is 21.1 Å². The number of likely N-dealkylation sites (tertiary alicyclic amines) is 1. The Labute approximate surface area is 158 Å². The van der Waals surface area contributed by atoms with E-state index in [2.05, 4.69) is 10.2 Å². The minimum Gasteiger partial charge on any atom is -0.497 e. The van der Waals surface area contributed by atoms with Crippen LogP contribution in [-0.2, 0) is 4.79 Å². The molecule has 0 saturated carbocycles. The second kappa shape index (κ2) is 8.43. The number of ether oxygens (including phenoxy) is 2. The van der Waals surface area contributed by atoms with Gasteiger partial charge in [-0.15, -0.1) is 0 Å². The van der Waals surface area contributed by atoms with Gasteiger partial charge in [0.15, 0.2) is 0 Å². The molecule has 3 rings (SSSR count). The van der Waals surface area contributed by atoms with E-state index in [0.29, 0.717) is 17.3 Å². The molecule has 2 aromatic rings. The number of hydrogen-bond donors (Lipinski definition) is 1. The summed E-state index contributed by atoms with van der Waals surface area (Å²) in [4.78, 5) is 14.7. The molecule has 0 spiro atoms. The summed E-state index contributed by atoms with van der Waals surface area (Å²) in [6, 6.07) is 13.1. The molecule has 0 aliphatic carbocycles. The standard InChI is InChI=1S/C20H23ClN2O3/c1-25-16-8-9-19(26-2)17(12-16)18-7-4-10-23(18)13-20(24)22-15-6-3-5-14(21)11-15/h3,5-6,8-9,11-12,18H,4,7,10,13H2,1-2H3,(H,22,24). The lowest BCUT2D eigenvalue weighted by atomic mass is 10.0. The van der Waals surface area contributed by atoms with Crippen molar-refractivity contribution < 1.29 is 14.3 Å². The van der Waals surface area contributed by atoms with E-state index in [9.17, 15) is 4.79 Å². The van der Waals surface area contributed by atoms with Crippen LogP contribution in [0, 0.1) is 0 Å². The Morgan fingerprint density at radius 1 is 1.23 bits per heavy atom. The third kappa shape index (κ3) is 4.29. The van der Waals surface area contributed by atoms with Crippen molar-refractivity contribution in [3.05, 3.63) is 53.1 Å². The SMILES string of the molecule is COc1ccc(OC)c(C2CCCN2CC(=O)Nc2cccc(Cl)c2)c1. The zero-order chi connectivity index (χ0) is 18.5. The molecule has 1 amide bonds. The van der Waals surface area contributed by atoms with Crippen molar-refractivity contribution >= 4 is 23.2 Å². The number of amides is 1. The summed E-state index contributed by atoms with van der Waals surface area (Å²) >= 11 is 5.98.